The maximum Gasteiger partial charge on any atom is 0.339 e. The molecule has 0 saturated heterocycles. The van der Waals surface area contributed by atoms with Gasteiger partial charge >= 0.3 is 11.9 Å². The number of aromatic nitrogens is 2. The van der Waals surface area contributed by atoms with E-state index in [0.717, 1.165) is 38.5 Å². The molecule has 0 saturated carbocycles. The van der Waals surface area contributed by atoms with Gasteiger partial charge in [-0.1, -0.05) is 53.4 Å². The fourth-order valence-corrected chi connectivity index (χ4v) is 3.36. The second-order valence-corrected chi connectivity index (χ2v) is 9.88. The molecular formula is C26H36N2O4. The van der Waals surface area contributed by atoms with Crippen molar-refractivity contribution in [2.75, 3.05) is 13.2 Å². The predicted molar refractivity (Wildman–Crippen MR) is 124 cm³/mol. The molecule has 0 aliphatic heterocycles. The average molecular weight is 441 g/mol. The van der Waals surface area contributed by atoms with Gasteiger partial charge in [-0.05, 0) is 47.9 Å². The molecule has 0 radical (unpaired) electrons. The van der Waals surface area contributed by atoms with Crippen molar-refractivity contribution in [3.63, 3.8) is 0 Å². The SMILES string of the molecule is CC(C)(CCCCCCC(C)(C)COC(=O)c1cccnc1)COC(=O)c1cccnc1. The van der Waals surface area contributed by atoms with Crippen LogP contribution in [0.15, 0.2) is 49.1 Å². The normalized spacial score (nSPS) is 11.8. The summed E-state index contributed by atoms with van der Waals surface area (Å²) in [4.78, 5) is 32.1. The van der Waals surface area contributed by atoms with E-state index in [4.69, 9.17) is 9.47 Å². The van der Waals surface area contributed by atoms with Gasteiger partial charge in [0.1, 0.15) is 0 Å². The minimum Gasteiger partial charge on any atom is -0.461 e. The number of hydrogen-bond donors (Lipinski definition) is 0. The van der Waals surface area contributed by atoms with Crippen molar-refractivity contribution < 1.29 is 19.1 Å². The first-order valence-electron chi connectivity index (χ1n) is 11.3. The molecule has 0 aliphatic carbocycles. The zero-order valence-corrected chi connectivity index (χ0v) is 19.8. The van der Waals surface area contributed by atoms with E-state index in [2.05, 4.69) is 37.7 Å². The molecule has 2 aromatic heterocycles. The quantitative estimate of drug-likeness (QED) is 0.286. The molecule has 6 nitrogen and oxygen atoms in total. The minimum atomic E-state index is -0.322. The molecular weight excluding hydrogens is 404 g/mol. The highest BCUT2D eigenvalue weighted by atomic mass is 16.5. The van der Waals surface area contributed by atoms with Crippen molar-refractivity contribution in [1.82, 2.24) is 9.97 Å². The van der Waals surface area contributed by atoms with Crippen LogP contribution >= 0.6 is 0 Å². The van der Waals surface area contributed by atoms with Crippen LogP contribution in [0.4, 0.5) is 0 Å². The first-order chi connectivity index (χ1) is 15.2. The largest absolute Gasteiger partial charge is 0.461 e. The Balaban J connectivity index is 1.58. The highest BCUT2D eigenvalue weighted by Gasteiger charge is 2.22. The third kappa shape index (κ3) is 9.58. The summed E-state index contributed by atoms with van der Waals surface area (Å²) in [6.07, 6.45) is 12.8. The number of nitrogens with zero attached hydrogens (tertiary/aromatic N) is 2. The zero-order valence-electron chi connectivity index (χ0n) is 19.8. The first kappa shape index (κ1) is 25.5. The van der Waals surface area contributed by atoms with Gasteiger partial charge in [0.15, 0.2) is 0 Å². The Morgan fingerprint density at radius 2 is 1.12 bits per heavy atom. The van der Waals surface area contributed by atoms with Crippen molar-refractivity contribution in [3.8, 4) is 0 Å². The van der Waals surface area contributed by atoms with E-state index in [1.807, 2.05) is 0 Å². The van der Waals surface area contributed by atoms with Gasteiger partial charge in [0.25, 0.3) is 0 Å². The van der Waals surface area contributed by atoms with E-state index >= 15 is 0 Å². The molecule has 2 aromatic rings. The van der Waals surface area contributed by atoms with E-state index in [0.29, 0.717) is 24.3 Å². The average Bonchev–Trinajstić information content (AvgIpc) is 2.79. The zero-order chi connectivity index (χ0) is 23.5. The van der Waals surface area contributed by atoms with Crippen LogP contribution in [-0.2, 0) is 9.47 Å². The summed E-state index contributed by atoms with van der Waals surface area (Å²) in [5, 5.41) is 0. The number of unbranched alkanes of at least 4 members (excludes halogenated alkanes) is 3. The maximum absolute atomic E-state index is 12.1. The summed E-state index contributed by atoms with van der Waals surface area (Å²) in [6.45, 7) is 9.31. The highest BCUT2D eigenvalue weighted by molar-refractivity contribution is 5.89. The van der Waals surface area contributed by atoms with Crippen LogP contribution < -0.4 is 0 Å². The molecule has 0 unspecified atom stereocenters. The predicted octanol–water partition coefficient (Wildman–Crippen LogP) is 5.88. The van der Waals surface area contributed by atoms with Crippen LogP contribution in [0.2, 0.25) is 0 Å². The molecule has 0 atom stereocenters. The number of pyridine rings is 2. The summed E-state index contributed by atoms with van der Waals surface area (Å²) in [6, 6.07) is 6.88. The van der Waals surface area contributed by atoms with E-state index < -0.39 is 0 Å². The highest BCUT2D eigenvalue weighted by Crippen LogP contribution is 2.27. The Hall–Kier alpha value is -2.76. The molecule has 2 rings (SSSR count). The van der Waals surface area contributed by atoms with Crippen molar-refractivity contribution in [1.29, 1.82) is 0 Å². The lowest BCUT2D eigenvalue weighted by Crippen LogP contribution is -2.22. The summed E-state index contributed by atoms with van der Waals surface area (Å²) < 4.78 is 10.9. The lowest BCUT2D eigenvalue weighted by molar-refractivity contribution is 0.0310. The van der Waals surface area contributed by atoms with Crippen LogP contribution in [-0.4, -0.2) is 35.1 Å². The molecule has 0 fully saturated rings. The van der Waals surface area contributed by atoms with Gasteiger partial charge in [0.2, 0.25) is 0 Å². The summed E-state index contributed by atoms with van der Waals surface area (Å²) in [5.74, 6) is -0.643. The number of carbonyl (C=O) groups excluding carboxylic acids is 2. The van der Waals surface area contributed by atoms with Crippen LogP contribution in [0.5, 0.6) is 0 Å². The fraction of sp³-hybridized carbons (Fsp3) is 0.538. The summed E-state index contributed by atoms with van der Waals surface area (Å²) in [7, 11) is 0. The molecule has 0 bridgehead atoms. The van der Waals surface area contributed by atoms with E-state index in [9.17, 15) is 9.59 Å². The molecule has 2 heterocycles. The van der Waals surface area contributed by atoms with Crippen LogP contribution in [0.25, 0.3) is 0 Å². The van der Waals surface area contributed by atoms with Crippen LogP contribution in [0.1, 0.15) is 86.9 Å². The van der Waals surface area contributed by atoms with Crippen molar-refractivity contribution in [2.45, 2.75) is 66.2 Å². The van der Waals surface area contributed by atoms with Gasteiger partial charge in [-0.2, -0.15) is 0 Å². The van der Waals surface area contributed by atoms with Crippen LogP contribution in [0, 0.1) is 10.8 Å². The fourth-order valence-electron chi connectivity index (χ4n) is 3.36. The Bertz CT molecular complexity index is 764. The summed E-state index contributed by atoms with van der Waals surface area (Å²) >= 11 is 0. The monoisotopic (exact) mass is 440 g/mol. The molecule has 0 N–H and O–H groups in total. The topological polar surface area (TPSA) is 78.4 Å². The Morgan fingerprint density at radius 3 is 1.47 bits per heavy atom. The lowest BCUT2D eigenvalue weighted by atomic mass is 9.86. The number of hydrogen-bond acceptors (Lipinski definition) is 6. The van der Waals surface area contributed by atoms with Gasteiger partial charge in [-0.15, -0.1) is 0 Å². The minimum absolute atomic E-state index is 0.0579. The maximum atomic E-state index is 12.1. The molecule has 32 heavy (non-hydrogen) atoms. The molecule has 0 aliphatic rings. The second-order valence-electron chi connectivity index (χ2n) is 9.88. The molecule has 6 heteroatoms. The van der Waals surface area contributed by atoms with E-state index in [1.165, 1.54) is 12.4 Å². The smallest absolute Gasteiger partial charge is 0.339 e. The molecule has 0 amide bonds. The van der Waals surface area contributed by atoms with Gasteiger partial charge in [-0.25, -0.2) is 9.59 Å². The Labute approximate surface area is 191 Å². The van der Waals surface area contributed by atoms with Crippen LogP contribution in [0.3, 0.4) is 0 Å². The third-order valence-corrected chi connectivity index (χ3v) is 5.44. The Morgan fingerprint density at radius 1 is 0.719 bits per heavy atom. The van der Waals surface area contributed by atoms with Crippen molar-refractivity contribution >= 4 is 11.9 Å². The van der Waals surface area contributed by atoms with Crippen molar-refractivity contribution in [3.05, 3.63) is 60.2 Å². The Kier molecular flexibility index (Phi) is 9.82. The number of ether oxygens (including phenoxy) is 2. The van der Waals surface area contributed by atoms with E-state index in [-0.39, 0.29) is 22.8 Å². The van der Waals surface area contributed by atoms with Gasteiger partial charge < -0.3 is 9.47 Å². The number of esters is 2. The second kappa shape index (κ2) is 12.3. The van der Waals surface area contributed by atoms with Gasteiger partial charge in [-0.3, -0.25) is 9.97 Å². The van der Waals surface area contributed by atoms with Gasteiger partial charge in [0, 0.05) is 24.8 Å². The number of carbonyl (C=O) groups is 2. The molecule has 0 spiro atoms. The van der Waals surface area contributed by atoms with Crippen molar-refractivity contribution in [2.24, 2.45) is 10.8 Å². The summed E-state index contributed by atoms with van der Waals surface area (Å²) in [5.41, 5.74) is 0.851. The number of rotatable bonds is 13. The molecule has 174 valence electrons. The molecule has 0 aromatic carbocycles. The first-order valence-corrected chi connectivity index (χ1v) is 11.3. The standard InChI is InChI=1S/C26H36N2O4/c1-25(2,19-31-23(29)21-11-9-15-27-17-21)13-7-5-6-8-14-26(3,4)20-32-24(30)22-12-10-16-28-18-22/h9-12,15-18H,5-8,13-14,19-20H2,1-4H3. The third-order valence-electron chi connectivity index (χ3n) is 5.44. The van der Waals surface area contributed by atoms with Gasteiger partial charge in [0.05, 0.1) is 24.3 Å². The van der Waals surface area contributed by atoms with E-state index in [1.54, 1.807) is 36.7 Å². The lowest BCUT2D eigenvalue weighted by Gasteiger charge is -2.25.